The molecule has 17 heavy (non-hydrogen) atoms. The van der Waals surface area contributed by atoms with Crippen LogP contribution < -0.4 is 5.32 Å². The maximum absolute atomic E-state index is 10.9. The highest BCUT2D eigenvalue weighted by atomic mass is 16.4. The maximum atomic E-state index is 10.9. The Kier molecular flexibility index (Phi) is 4.29. The van der Waals surface area contributed by atoms with E-state index in [0.29, 0.717) is 5.56 Å². The van der Waals surface area contributed by atoms with Gasteiger partial charge in [-0.2, -0.15) is 0 Å². The maximum Gasteiger partial charge on any atom is 0.336 e. The molecule has 0 heterocycles. The number of aromatic carboxylic acids is 1. The van der Waals surface area contributed by atoms with Crippen molar-refractivity contribution in [3.63, 3.8) is 0 Å². The average Bonchev–Trinajstić information content (AvgIpc) is 2.23. The van der Waals surface area contributed by atoms with Crippen LogP contribution in [0, 0.1) is 18.8 Å². The number of carboxylic acid groups (broad SMARTS) is 1. The quantitative estimate of drug-likeness (QED) is 0.751. The van der Waals surface area contributed by atoms with Gasteiger partial charge >= 0.3 is 5.97 Å². The van der Waals surface area contributed by atoms with Gasteiger partial charge in [0.2, 0.25) is 5.91 Å². The largest absolute Gasteiger partial charge is 0.478 e. The molecule has 0 atom stereocenters. The highest BCUT2D eigenvalue weighted by molar-refractivity contribution is 5.90. The monoisotopic (exact) mass is 231 g/mol. The minimum atomic E-state index is -1.01. The number of hydrogen-bond donors (Lipinski definition) is 2. The summed E-state index contributed by atoms with van der Waals surface area (Å²) >= 11 is 0. The van der Waals surface area contributed by atoms with E-state index in [-0.39, 0.29) is 18.0 Å². The predicted octanol–water partition coefficient (Wildman–Crippen LogP) is 1.18. The van der Waals surface area contributed by atoms with Gasteiger partial charge < -0.3 is 10.4 Å². The molecule has 88 valence electrons. The molecule has 0 fully saturated rings. The molecule has 0 aliphatic rings. The molecular formula is C13H13NO3. The molecule has 0 aliphatic heterocycles. The second-order valence-corrected chi connectivity index (χ2v) is 3.57. The summed E-state index contributed by atoms with van der Waals surface area (Å²) < 4.78 is 0. The molecule has 0 radical (unpaired) electrons. The highest BCUT2D eigenvalue weighted by Gasteiger charge is 2.07. The van der Waals surface area contributed by atoms with E-state index in [4.69, 9.17) is 5.11 Å². The zero-order chi connectivity index (χ0) is 12.8. The van der Waals surface area contributed by atoms with E-state index in [2.05, 4.69) is 17.2 Å². The van der Waals surface area contributed by atoms with Crippen molar-refractivity contribution >= 4 is 11.9 Å². The van der Waals surface area contributed by atoms with Gasteiger partial charge in [0, 0.05) is 12.5 Å². The Labute approximate surface area is 99.7 Å². The van der Waals surface area contributed by atoms with Crippen molar-refractivity contribution in [3.8, 4) is 11.8 Å². The van der Waals surface area contributed by atoms with Crippen molar-refractivity contribution in [3.05, 3.63) is 34.9 Å². The third-order valence-corrected chi connectivity index (χ3v) is 2.05. The molecule has 0 bridgehead atoms. The number of hydrogen-bond acceptors (Lipinski definition) is 2. The first-order valence-corrected chi connectivity index (χ1v) is 5.08. The summed E-state index contributed by atoms with van der Waals surface area (Å²) in [5.41, 5.74) is 1.58. The molecular weight excluding hydrogens is 218 g/mol. The van der Waals surface area contributed by atoms with Crippen molar-refractivity contribution in [2.24, 2.45) is 0 Å². The Morgan fingerprint density at radius 1 is 1.41 bits per heavy atom. The number of carbonyl (C=O) groups excluding carboxylic acids is 1. The first kappa shape index (κ1) is 12.8. The molecule has 2 N–H and O–H groups in total. The summed E-state index contributed by atoms with van der Waals surface area (Å²) in [6, 6.07) is 4.97. The van der Waals surface area contributed by atoms with Crippen molar-refractivity contribution in [1.29, 1.82) is 0 Å². The third kappa shape index (κ3) is 3.99. The molecule has 4 nitrogen and oxygen atoms in total. The number of nitrogens with one attached hydrogen (secondary N) is 1. The summed E-state index contributed by atoms with van der Waals surface area (Å²) in [5, 5.41) is 11.5. The van der Waals surface area contributed by atoms with Crippen LogP contribution in [0.5, 0.6) is 0 Å². The van der Waals surface area contributed by atoms with Crippen LogP contribution in [0.4, 0.5) is 0 Å². The summed E-state index contributed by atoms with van der Waals surface area (Å²) in [6.07, 6.45) is 0. The van der Waals surface area contributed by atoms with E-state index >= 15 is 0 Å². The summed E-state index contributed by atoms with van der Waals surface area (Å²) in [7, 11) is 0. The smallest absolute Gasteiger partial charge is 0.336 e. The Hall–Kier alpha value is -2.28. The molecule has 0 unspecified atom stereocenters. The second-order valence-electron chi connectivity index (χ2n) is 3.57. The molecule has 0 saturated carbocycles. The van der Waals surface area contributed by atoms with E-state index in [1.807, 2.05) is 6.92 Å². The van der Waals surface area contributed by atoms with Crippen molar-refractivity contribution < 1.29 is 14.7 Å². The fourth-order valence-electron chi connectivity index (χ4n) is 1.26. The zero-order valence-electron chi connectivity index (χ0n) is 9.70. The Bertz CT molecular complexity index is 509. The Morgan fingerprint density at radius 3 is 2.71 bits per heavy atom. The van der Waals surface area contributed by atoms with Crippen LogP contribution in [0.3, 0.4) is 0 Å². The number of carboxylic acids is 1. The molecule has 0 saturated heterocycles. The van der Waals surface area contributed by atoms with E-state index in [0.717, 1.165) is 5.56 Å². The molecule has 0 spiro atoms. The third-order valence-electron chi connectivity index (χ3n) is 2.05. The van der Waals surface area contributed by atoms with Crippen LogP contribution in [0.1, 0.15) is 28.4 Å². The number of carbonyl (C=O) groups is 2. The van der Waals surface area contributed by atoms with E-state index in [1.54, 1.807) is 12.1 Å². The van der Waals surface area contributed by atoms with Crippen molar-refractivity contribution in [1.82, 2.24) is 5.32 Å². The lowest BCUT2D eigenvalue weighted by Gasteiger charge is -2.00. The van der Waals surface area contributed by atoms with E-state index in [1.165, 1.54) is 13.0 Å². The van der Waals surface area contributed by atoms with Crippen LogP contribution in [-0.4, -0.2) is 23.5 Å². The fraction of sp³-hybridized carbons (Fsp3) is 0.231. The lowest BCUT2D eigenvalue weighted by atomic mass is 10.1. The molecule has 0 aromatic heterocycles. The van der Waals surface area contributed by atoms with Gasteiger partial charge in [-0.15, -0.1) is 0 Å². The highest BCUT2D eigenvalue weighted by Crippen LogP contribution is 2.10. The van der Waals surface area contributed by atoms with Gasteiger partial charge in [-0.25, -0.2) is 4.79 Å². The van der Waals surface area contributed by atoms with Crippen LogP contribution in [-0.2, 0) is 4.79 Å². The molecule has 1 rings (SSSR count). The minimum absolute atomic E-state index is 0.165. The van der Waals surface area contributed by atoms with Crippen LogP contribution in [0.15, 0.2) is 18.2 Å². The number of aryl methyl sites for hydroxylation is 1. The lowest BCUT2D eigenvalue weighted by molar-refractivity contribution is -0.118. The number of benzene rings is 1. The minimum Gasteiger partial charge on any atom is -0.478 e. The summed E-state index contributed by atoms with van der Waals surface area (Å²) in [4.78, 5) is 21.5. The molecule has 4 heteroatoms. The molecule has 1 amide bonds. The standard InChI is InChI=1S/C13H13NO3/c1-9-5-6-12(13(16)17)11(8-9)4-3-7-14-10(2)15/h5-6,8H,7H2,1-2H3,(H,14,15)(H,16,17). The molecule has 0 aliphatic carbocycles. The average molecular weight is 231 g/mol. The fourth-order valence-corrected chi connectivity index (χ4v) is 1.26. The SMILES string of the molecule is CC(=O)NCC#Cc1cc(C)ccc1C(=O)O. The first-order valence-electron chi connectivity index (χ1n) is 5.08. The predicted molar refractivity (Wildman–Crippen MR) is 63.7 cm³/mol. The summed E-state index contributed by atoms with van der Waals surface area (Å²) in [5.74, 6) is 4.28. The van der Waals surface area contributed by atoms with Gasteiger partial charge in [0.25, 0.3) is 0 Å². The van der Waals surface area contributed by atoms with Crippen molar-refractivity contribution in [2.75, 3.05) is 6.54 Å². The topological polar surface area (TPSA) is 66.4 Å². The number of rotatable bonds is 2. The van der Waals surface area contributed by atoms with Gasteiger partial charge in [0.05, 0.1) is 12.1 Å². The van der Waals surface area contributed by atoms with Gasteiger partial charge in [-0.3, -0.25) is 4.79 Å². The van der Waals surface area contributed by atoms with Gasteiger partial charge in [-0.1, -0.05) is 17.9 Å². The van der Waals surface area contributed by atoms with Crippen LogP contribution in [0.2, 0.25) is 0 Å². The number of amides is 1. The summed E-state index contributed by atoms with van der Waals surface area (Å²) in [6.45, 7) is 3.48. The Balaban J connectivity index is 2.92. The van der Waals surface area contributed by atoms with Crippen LogP contribution in [0.25, 0.3) is 0 Å². The van der Waals surface area contributed by atoms with Gasteiger partial charge in [0.15, 0.2) is 0 Å². The van der Waals surface area contributed by atoms with Gasteiger partial charge in [0.1, 0.15) is 0 Å². The van der Waals surface area contributed by atoms with E-state index < -0.39 is 5.97 Å². The first-order chi connectivity index (χ1) is 8.00. The normalized spacial score (nSPS) is 9.06. The Morgan fingerprint density at radius 2 is 2.12 bits per heavy atom. The van der Waals surface area contributed by atoms with Crippen molar-refractivity contribution in [2.45, 2.75) is 13.8 Å². The van der Waals surface area contributed by atoms with Gasteiger partial charge in [-0.05, 0) is 24.6 Å². The lowest BCUT2D eigenvalue weighted by Crippen LogP contribution is -2.19. The van der Waals surface area contributed by atoms with Crippen LogP contribution >= 0.6 is 0 Å². The molecule has 1 aromatic carbocycles. The second kappa shape index (κ2) is 5.71. The molecule has 1 aromatic rings. The zero-order valence-corrected chi connectivity index (χ0v) is 9.70. The van der Waals surface area contributed by atoms with E-state index in [9.17, 15) is 9.59 Å².